The molecular formula is C19H19ClN2. The zero-order valence-corrected chi connectivity index (χ0v) is 13.6. The zero-order valence-electron chi connectivity index (χ0n) is 12.9. The van der Waals surface area contributed by atoms with Crippen molar-refractivity contribution in [2.45, 2.75) is 6.42 Å². The van der Waals surface area contributed by atoms with E-state index in [-0.39, 0.29) is 0 Å². The molecule has 1 heterocycles. The van der Waals surface area contributed by atoms with Crippen molar-refractivity contribution in [3.63, 3.8) is 0 Å². The first kappa shape index (κ1) is 15.0. The van der Waals surface area contributed by atoms with Crippen molar-refractivity contribution in [2.75, 3.05) is 20.6 Å². The fraction of sp³-hybridized carbons (Fsp3) is 0.211. The predicted molar refractivity (Wildman–Crippen MR) is 95.4 cm³/mol. The van der Waals surface area contributed by atoms with Crippen LogP contribution in [0.3, 0.4) is 0 Å². The average molecular weight is 311 g/mol. The fourth-order valence-electron chi connectivity index (χ4n) is 2.66. The summed E-state index contributed by atoms with van der Waals surface area (Å²) >= 11 is 6.22. The minimum absolute atomic E-state index is 0.742. The molecule has 22 heavy (non-hydrogen) atoms. The van der Waals surface area contributed by atoms with Gasteiger partial charge in [-0.3, -0.25) is 4.99 Å². The molecule has 0 radical (unpaired) electrons. The van der Waals surface area contributed by atoms with Gasteiger partial charge in [0.1, 0.15) is 0 Å². The molecule has 0 amide bonds. The number of nitrogens with zero attached hydrogens (tertiary/aromatic N) is 2. The van der Waals surface area contributed by atoms with E-state index in [2.05, 4.69) is 48.3 Å². The summed E-state index contributed by atoms with van der Waals surface area (Å²) in [4.78, 5) is 6.82. The number of hydrogen-bond acceptors (Lipinski definition) is 2. The van der Waals surface area contributed by atoms with Crippen molar-refractivity contribution >= 4 is 29.1 Å². The van der Waals surface area contributed by atoms with Gasteiger partial charge >= 0.3 is 0 Å². The Kier molecular flexibility index (Phi) is 4.41. The van der Waals surface area contributed by atoms with Gasteiger partial charge in [-0.25, -0.2) is 0 Å². The molecule has 0 unspecified atom stereocenters. The molecule has 0 bridgehead atoms. The van der Waals surface area contributed by atoms with E-state index < -0.39 is 0 Å². The Morgan fingerprint density at radius 2 is 1.91 bits per heavy atom. The van der Waals surface area contributed by atoms with Crippen LogP contribution in [0.1, 0.15) is 23.1 Å². The van der Waals surface area contributed by atoms with E-state index in [1.54, 1.807) is 0 Å². The van der Waals surface area contributed by atoms with Crippen molar-refractivity contribution in [1.29, 1.82) is 0 Å². The second-order valence-corrected chi connectivity index (χ2v) is 6.15. The van der Waals surface area contributed by atoms with Gasteiger partial charge in [-0.1, -0.05) is 41.9 Å². The number of aliphatic imine (C=N–C) groups is 1. The van der Waals surface area contributed by atoms with Crippen LogP contribution in [0.25, 0.3) is 5.57 Å². The quantitative estimate of drug-likeness (QED) is 0.679. The lowest BCUT2D eigenvalue weighted by Gasteiger charge is -2.13. The van der Waals surface area contributed by atoms with Crippen LogP contribution in [0.15, 0.2) is 53.5 Å². The molecule has 0 saturated carbocycles. The molecule has 0 fully saturated rings. The number of fused-ring (bicyclic) bond motifs is 2. The largest absolute Gasteiger partial charge is 0.309 e. The van der Waals surface area contributed by atoms with Crippen LogP contribution in [0.4, 0.5) is 5.69 Å². The summed E-state index contributed by atoms with van der Waals surface area (Å²) in [6.45, 7) is 1.02. The van der Waals surface area contributed by atoms with Crippen molar-refractivity contribution in [2.24, 2.45) is 4.99 Å². The molecule has 3 rings (SSSR count). The molecule has 0 spiro atoms. The second kappa shape index (κ2) is 6.47. The van der Waals surface area contributed by atoms with Crippen LogP contribution in [-0.4, -0.2) is 31.8 Å². The third kappa shape index (κ3) is 3.13. The Balaban J connectivity index is 2.13. The molecule has 0 atom stereocenters. The molecule has 112 valence electrons. The standard InChI is InChI=1S/C19H19ClN2/c1-22(2)11-5-8-17-16-7-4-3-6-14(16)13-21-19-10-9-15(20)12-18(17)19/h3-4,6-10,12-13H,5,11H2,1-2H3/b17-8-. The number of halogens is 1. The summed E-state index contributed by atoms with van der Waals surface area (Å²) in [7, 11) is 4.18. The van der Waals surface area contributed by atoms with Gasteiger partial charge in [-0.05, 0) is 49.9 Å². The van der Waals surface area contributed by atoms with Crippen LogP contribution in [0.2, 0.25) is 5.02 Å². The smallest absolute Gasteiger partial charge is 0.0709 e. The third-order valence-electron chi connectivity index (χ3n) is 3.77. The van der Waals surface area contributed by atoms with Crippen LogP contribution in [0.5, 0.6) is 0 Å². The van der Waals surface area contributed by atoms with Crippen LogP contribution < -0.4 is 0 Å². The fourth-order valence-corrected chi connectivity index (χ4v) is 2.83. The number of hydrogen-bond donors (Lipinski definition) is 0. The second-order valence-electron chi connectivity index (χ2n) is 5.72. The monoisotopic (exact) mass is 310 g/mol. The maximum absolute atomic E-state index is 6.22. The van der Waals surface area contributed by atoms with Gasteiger partial charge in [0.25, 0.3) is 0 Å². The Morgan fingerprint density at radius 3 is 2.73 bits per heavy atom. The van der Waals surface area contributed by atoms with Crippen molar-refractivity contribution < 1.29 is 0 Å². The molecule has 0 aliphatic carbocycles. The lowest BCUT2D eigenvalue weighted by molar-refractivity contribution is 0.417. The highest BCUT2D eigenvalue weighted by Crippen LogP contribution is 2.37. The minimum atomic E-state index is 0.742. The SMILES string of the molecule is CN(C)CC/C=C1/c2ccccc2C=Nc2ccc(Cl)cc21. The van der Waals surface area contributed by atoms with Crippen molar-refractivity contribution in [3.8, 4) is 0 Å². The van der Waals surface area contributed by atoms with Crippen LogP contribution in [-0.2, 0) is 0 Å². The highest BCUT2D eigenvalue weighted by atomic mass is 35.5. The number of rotatable bonds is 3. The molecular weight excluding hydrogens is 292 g/mol. The lowest BCUT2D eigenvalue weighted by atomic mass is 9.93. The maximum Gasteiger partial charge on any atom is 0.0709 e. The predicted octanol–water partition coefficient (Wildman–Crippen LogP) is 4.79. The summed E-state index contributed by atoms with van der Waals surface area (Å²) in [5.74, 6) is 0. The summed E-state index contributed by atoms with van der Waals surface area (Å²) in [5, 5.41) is 0.742. The molecule has 0 saturated heterocycles. The number of benzene rings is 2. The first-order valence-corrected chi connectivity index (χ1v) is 7.81. The van der Waals surface area contributed by atoms with E-state index in [0.29, 0.717) is 0 Å². The molecule has 2 aromatic rings. The molecule has 0 aromatic heterocycles. The Morgan fingerprint density at radius 1 is 1.09 bits per heavy atom. The molecule has 3 heteroatoms. The van der Waals surface area contributed by atoms with Gasteiger partial charge in [-0.2, -0.15) is 0 Å². The zero-order chi connectivity index (χ0) is 15.5. The summed E-state index contributed by atoms with van der Waals surface area (Å²) in [5.41, 5.74) is 5.65. The lowest BCUT2D eigenvalue weighted by Crippen LogP contribution is -2.12. The summed E-state index contributed by atoms with van der Waals surface area (Å²) in [6.07, 6.45) is 5.22. The normalized spacial score (nSPS) is 14.8. The first-order valence-electron chi connectivity index (χ1n) is 7.43. The average Bonchev–Trinajstić information content (AvgIpc) is 2.65. The van der Waals surface area contributed by atoms with E-state index in [4.69, 9.17) is 11.6 Å². The Labute approximate surface area is 136 Å². The molecule has 2 aromatic carbocycles. The molecule has 1 aliphatic rings. The molecule has 0 N–H and O–H groups in total. The topological polar surface area (TPSA) is 15.6 Å². The Hall–Kier alpha value is -1.90. The van der Waals surface area contributed by atoms with Crippen LogP contribution >= 0.6 is 11.6 Å². The third-order valence-corrected chi connectivity index (χ3v) is 4.00. The van der Waals surface area contributed by atoms with Gasteiger partial charge in [-0.15, -0.1) is 0 Å². The van der Waals surface area contributed by atoms with Gasteiger partial charge in [0.15, 0.2) is 0 Å². The minimum Gasteiger partial charge on any atom is -0.309 e. The highest BCUT2D eigenvalue weighted by molar-refractivity contribution is 6.31. The van der Waals surface area contributed by atoms with E-state index in [0.717, 1.165) is 34.8 Å². The van der Waals surface area contributed by atoms with Crippen LogP contribution in [0, 0.1) is 0 Å². The van der Waals surface area contributed by atoms with E-state index >= 15 is 0 Å². The van der Waals surface area contributed by atoms with Crippen molar-refractivity contribution in [3.05, 3.63) is 70.3 Å². The van der Waals surface area contributed by atoms with Crippen molar-refractivity contribution in [1.82, 2.24) is 4.90 Å². The van der Waals surface area contributed by atoms with E-state index in [1.165, 1.54) is 11.1 Å². The molecule has 1 aliphatic heterocycles. The van der Waals surface area contributed by atoms with E-state index in [1.807, 2.05) is 30.5 Å². The van der Waals surface area contributed by atoms with Gasteiger partial charge in [0.2, 0.25) is 0 Å². The Bertz CT molecular complexity index is 745. The highest BCUT2D eigenvalue weighted by Gasteiger charge is 2.15. The summed E-state index contributed by atoms with van der Waals surface area (Å²) in [6, 6.07) is 14.3. The first-order chi connectivity index (χ1) is 10.6. The van der Waals surface area contributed by atoms with E-state index in [9.17, 15) is 0 Å². The molecule has 2 nitrogen and oxygen atoms in total. The maximum atomic E-state index is 6.22. The van der Waals surface area contributed by atoms with Gasteiger partial charge in [0.05, 0.1) is 5.69 Å². The van der Waals surface area contributed by atoms with Gasteiger partial charge in [0, 0.05) is 28.9 Å². The van der Waals surface area contributed by atoms with Gasteiger partial charge < -0.3 is 4.90 Å². The summed E-state index contributed by atoms with van der Waals surface area (Å²) < 4.78 is 0.